The zero-order valence-corrected chi connectivity index (χ0v) is 10.2. The van der Waals surface area contributed by atoms with Crippen LogP contribution in [0, 0.1) is 11.6 Å². The fourth-order valence-corrected chi connectivity index (χ4v) is 1.46. The molecule has 1 rings (SSSR count). The van der Waals surface area contributed by atoms with Crippen molar-refractivity contribution in [3.63, 3.8) is 0 Å². The Balaban J connectivity index is 2.83. The third kappa shape index (κ3) is 4.01. The molecule has 0 aromatic heterocycles. The maximum atomic E-state index is 13.4. The summed E-state index contributed by atoms with van der Waals surface area (Å²) in [5.74, 6) is -5.82. The van der Waals surface area contributed by atoms with Gasteiger partial charge in [0.25, 0.3) is 5.91 Å². The maximum absolute atomic E-state index is 13.4. The molecule has 0 heterocycles. The van der Waals surface area contributed by atoms with Gasteiger partial charge in [0.05, 0.1) is 5.56 Å². The second-order valence-corrected chi connectivity index (χ2v) is 3.97. The summed E-state index contributed by atoms with van der Waals surface area (Å²) >= 11 is 0. The normalized spacial score (nSPS) is 11.7. The molecule has 0 saturated heterocycles. The van der Waals surface area contributed by atoms with Crippen molar-refractivity contribution in [1.82, 2.24) is 5.32 Å². The number of carboxylic acids is 1. The average molecular weight is 286 g/mol. The number of carboxylic acid groups (broad SMARTS) is 1. The van der Waals surface area contributed by atoms with Crippen LogP contribution < -0.4 is 11.1 Å². The van der Waals surface area contributed by atoms with Gasteiger partial charge in [0.15, 0.2) is 11.6 Å². The first-order valence-corrected chi connectivity index (χ1v) is 5.59. The van der Waals surface area contributed by atoms with Gasteiger partial charge in [0, 0.05) is 6.42 Å². The van der Waals surface area contributed by atoms with Gasteiger partial charge in [0.1, 0.15) is 6.04 Å². The van der Waals surface area contributed by atoms with Gasteiger partial charge in [-0.1, -0.05) is 6.07 Å². The predicted octanol–water partition coefficient (Wildman–Crippen LogP) is 0.413. The number of carbonyl (C=O) groups is 3. The van der Waals surface area contributed by atoms with Gasteiger partial charge in [-0.15, -0.1) is 0 Å². The first-order chi connectivity index (χ1) is 9.32. The van der Waals surface area contributed by atoms with Crippen LogP contribution in [-0.4, -0.2) is 28.9 Å². The molecule has 1 aromatic rings. The number of rotatable bonds is 6. The second kappa shape index (κ2) is 6.60. The summed E-state index contributed by atoms with van der Waals surface area (Å²) in [6, 6.07) is 1.54. The summed E-state index contributed by atoms with van der Waals surface area (Å²) in [4.78, 5) is 33.2. The zero-order chi connectivity index (χ0) is 15.3. The number of hydrogen-bond donors (Lipinski definition) is 3. The lowest BCUT2D eigenvalue weighted by Gasteiger charge is -2.14. The van der Waals surface area contributed by atoms with Gasteiger partial charge in [0.2, 0.25) is 5.91 Å². The van der Waals surface area contributed by atoms with E-state index in [1.54, 1.807) is 0 Å². The van der Waals surface area contributed by atoms with Gasteiger partial charge in [-0.25, -0.2) is 13.6 Å². The Morgan fingerprint density at radius 2 is 1.95 bits per heavy atom. The Kier molecular flexibility index (Phi) is 5.13. The molecule has 0 fully saturated rings. The van der Waals surface area contributed by atoms with E-state index in [2.05, 4.69) is 0 Å². The molecule has 0 aliphatic carbocycles. The lowest BCUT2D eigenvalue weighted by Crippen LogP contribution is -2.41. The maximum Gasteiger partial charge on any atom is 0.326 e. The monoisotopic (exact) mass is 286 g/mol. The number of halogens is 2. The number of nitrogens with one attached hydrogen (secondary N) is 1. The lowest BCUT2D eigenvalue weighted by atomic mass is 10.1. The number of carbonyl (C=O) groups excluding carboxylic acids is 2. The van der Waals surface area contributed by atoms with E-state index in [4.69, 9.17) is 10.8 Å². The summed E-state index contributed by atoms with van der Waals surface area (Å²) < 4.78 is 26.3. The molecule has 8 heteroatoms. The molecule has 1 unspecified atom stereocenters. The van der Waals surface area contributed by atoms with E-state index >= 15 is 0 Å². The van der Waals surface area contributed by atoms with Crippen molar-refractivity contribution in [1.29, 1.82) is 0 Å². The number of hydrogen-bond acceptors (Lipinski definition) is 3. The molecule has 0 radical (unpaired) electrons. The number of nitrogens with two attached hydrogens (primary N) is 1. The summed E-state index contributed by atoms with van der Waals surface area (Å²) in [7, 11) is 0. The smallest absolute Gasteiger partial charge is 0.326 e. The van der Waals surface area contributed by atoms with Crippen LogP contribution >= 0.6 is 0 Å². The van der Waals surface area contributed by atoms with Crippen LogP contribution in [0.2, 0.25) is 0 Å². The van der Waals surface area contributed by atoms with Crippen LogP contribution in [0.3, 0.4) is 0 Å². The molecule has 0 bridgehead atoms. The summed E-state index contributed by atoms with van der Waals surface area (Å²) in [5, 5.41) is 10.9. The molecule has 1 aromatic carbocycles. The van der Waals surface area contributed by atoms with E-state index in [1.807, 2.05) is 5.32 Å². The third-order valence-corrected chi connectivity index (χ3v) is 2.48. The third-order valence-electron chi connectivity index (χ3n) is 2.48. The summed E-state index contributed by atoms with van der Waals surface area (Å²) in [6.45, 7) is 0. The van der Waals surface area contributed by atoms with E-state index in [0.717, 1.165) is 18.2 Å². The standard InChI is InChI=1S/C12H12F2N2O4/c13-7-3-1-2-6(10(7)14)11(18)16-8(12(19)20)4-5-9(15)17/h1-3,8H,4-5H2,(H2,15,17)(H,16,18)(H,19,20). The molecular formula is C12H12F2N2O4. The Morgan fingerprint density at radius 3 is 2.50 bits per heavy atom. The molecule has 0 aliphatic rings. The highest BCUT2D eigenvalue weighted by atomic mass is 19.2. The molecule has 4 N–H and O–H groups in total. The minimum Gasteiger partial charge on any atom is -0.480 e. The van der Waals surface area contributed by atoms with E-state index < -0.39 is 41.0 Å². The first kappa shape index (κ1) is 15.5. The van der Waals surface area contributed by atoms with Crippen molar-refractivity contribution < 1.29 is 28.3 Å². The molecule has 6 nitrogen and oxygen atoms in total. The van der Waals surface area contributed by atoms with Crippen LogP contribution in [0.25, 0.3) is 0 Å². The molecule has 108 valence electrons. The second-order valence-electron chi connectivity index (χ2n) is 3.97. The fraction of sp³-hybridized carbons (Fsp3) is 0.250. The lowest BCUT2D eigenvalue weighted by molar-refractivity contribution is -0.139. The summed E-state index contributed by atoms with van der Waals surface area (Å²) in [5.41, 5.74) is 4.26. The van der Waals surface area contributed by atoms with Gasteiger partial charge < -0.3 is 16.2 Å². The zero-order valence-electron chi connectivity index (χ0n) is 10.2. The highest BCUT2D eigenvalue weighted by molar-refractivity contribution is 5.96. The fourth-order valence-electron chi connectivity index (χ4n) is 1.46. The van der Waals surface area contributed by atoms with Crippen molar-refractivity contribution in [3.05, 3.63) is 35.4 Å². The Morgan fingerprint density at radius 1 is 1.30 bits per heavy atom. The molecule has 2 amide bonds. The predicted molar refractivity (Wildman–Crippen MR) is 63.7 cm³/mol. The molecule has 0 saturated carbocycles. The van der Waals surface area contributed by atoms with Crippen molar-refractivity contribution in [3.8, 4) is 0 Å². The van der Waals surface area contributed by atoms with Gasteiger partial charge in [-0.3, -0.25) is 9.59 Å². The number of amides is 2. The number of benzene rings is 1. The van der Waals surface area contributed by atoms with E-state index in [0.29, 0.717) is 0 Å². The number of primary amides is 1. The Bertz CT molecular complexity index is 548. The van der Waals surface area contributed by atoms with Gasteiger partial charge in [-0.2, -0.15) is 0 Å². The molecular weight excluding hydrogens is 274 g/mol. The Hall–Kier alpha value is -2.51. The van der Waals surface area contributed by atoms with E-state index in [-0.39, 0.29) is 12.8 Å². The van der Waals surface area contributed by atoms with E-state index in [9.17, 15) is 23.2 Å². The minimum absolute atomic E-state index is 0.243. The van der Waals surface area contributed by atoms with Crippen molar-refractivity contribution in [2.45, 2.75) is 18.9 Å². The van der Waals surface area contributed by atoms with E-state index in [1.165, 1.54) is 0 Å². The van der Waals surface area contributed by atoms with Crippen molar-refractivity contribution in [2.75, 3.05) is 0 Å². The molecule has 0 aliphatic heterocycles. The van der Waals surface area contributed by atoms with Crippen LogP contribution in [0.15, 0.2) is 18.2 Å². The minimum atomic E-state index is -1.42. The highest BCUT2D eigenvalue weighted by Crippen LogP contribution is 2.11. The largest absolute Gasteiger partial charge is 0.480 e. The molecule has 0 spiro atoms. The van der Waals surface area contributed by atoms with Crippen LogP contribution in [0.1, 0.15) is 23.2 Å². The quantitative estimate of drug-likeness (QED) is 0.703. The highest BCUT2D eigenvalue weighted by Gasteiger charge is 2.23. The summed E-state index contributed by atoms with van der Waals surface area (Å²) in [6.07, 6.45) is -0.504. The van der Waals surface area contributed by atoms with Crippen molar-refractivity contribution in [2.24, 2.45) is 5.73 Å². The van der Waals surface area contributed by atoms with Crippen LogP contribution in [0.4, 0.5) is 8.78 Å². The van der Waals surface area contributed by atoms with Crippen molar-refractivity contribution >= 4 is 17.8 Å². The van der Waals surface area contributed by atoms with Crippen LogP contribution in [-0.2, 0) is 9.59 Å². The SMILES string of the molecule is NC(=O)CCC(NC(=O)c1cccc(F)c1F)C(=O)O. The molecule has 1 atom stereocenters. The topological polar surface area (TPSA) is 109 Å². The number of aliphatic carboxylic acids is 1. The van der Waals surface area contributed by atoms with Crippen LogP contribution in [0.5, 0.6) is 0 Å². The molecule has 20 heavy (non-hydrogen) atoms. The Labute approximate surface area is 112 Å². The van der Waals surface area contributed by atoms with Gasteiger partial charge >= 0.3 is 5.97 Å². The first-order valence-electron chi connectivity index (χ1n) is 5.59. The van der Waals surface area contributed by atoms with Gasteiger partial charge in [-0.05, 0) is 18.6 Å². The average Bonchev–Trinajstić information content (AvgIpc) is 2.36.